The maximum absolute atomic E-state index is 13.1. The third-order valence-corrected chi connectivity index (χ3v) is 8.53. The number of carbonyl (C=O) groups is 1. The number of pyridine rings is 1. The Hall–Kier alpha value is -3.76. The van der Waals surface area contributed by atoms with Crippen LogP contribution < -0.4 is 4.74 Å². The summed E-state index contributed by atoms with van der Waals surface area (Å²) in [6.07, 6.45) is 8.07. The van der Waals surface area contributed by atoms with E-state index in [-0.39, 0.29) is 18.0 Å². The number of aryl methyl sites for hydroxylation is 1. The molecule has 0 unspecified atom stereocenters. The summed E-state index contributed by atoms with van der Waals surface area (Å²) in [5.41, 5.74) is 8.03. The molecular formula is C29H33N7O3. The third kappa shape index (κ3) is 4.18. The van der Waals surface area contributed by atoms with Gasteiger partial charge in [-0.1, -0.05) is 18.2 Å². The van der Waals surface area contributed by atoms with Crippen molar-refractivity contribution in [2.45, 2.75) is 37.8 Å². The Balaban J connectivity index is 1.17. The molecule has 202 valence electrons. The van der Waals surface area contributed by atoms with Crippen LogP contribution in [-0.4, -0.2) is 93.7 Å². The number of aromatic amines is 1. The monoisotopic (exact) mass is 527 g/mol. The topological polar surface area (TPSA) is 101 Å². The number of benzene rings is 1. The van der Waals surface area contributed by atoms with Gasteiger partial charge in [-0.15, -0.1) is 0 Å². The van der Waals surface area contributed by atoms with Gasteiger partial charge in [-0.3, -0.25) is 19.5 Å². The van der Waals surface area contributed by atoms with E-state index in [9.17, 15) is 4.79 Å². The zero-order valence-corrected chi connectivity index (χ0v) is 22.4. The molecule has 2 aliphatic heterocycles. The first-order valence-electron chi connectivity index (χ1n) is 13.8. The molecule has 10 nitrogen and oxygen atoms in total. The molecule has 1 N–H and O–H groups in total. The minimum Gasteiger partial charge on any atom is -0.494 e. The molecule has 0 saturated carbocycles. The van der Waals surface area contributed by atoms with E-state index in [0.717, 1.165) is 71.6 Å². The van der Waals surface area contributed by atoms with E-state index in [1.807, 2.05) is 35.1 Å². The van der Waals surface area contributed by atoms with Crippen LogP contribution in [0.15, 0.2) is 36.7 Å². The summed E-state index contributed by atoms with van der Waals surface area (Å²) in [5.74, 6) is 0.877. The Morgan fingerprint density at radius 1 is 1.21 bits per heavy atom. The summed E-state index contributed by atoms with van der Waals surface area (Å²) < 4.78 is 13.3. The molecule has 2 saturated heterocycles. The van der Waals surface area contributed by atoms with Gasteiger partial charge < -0.3 is 14.4 Å². The number of aromatic nitrogens is 5. The largest absolute Gasteiger partial charge is 0.494 e. The fraction of sp³-hybridized carbons (Fsp3) is 0.448. The van der Waals surface area contributed by atoms with Crippen LogP contribution in [0.1, 0.15) is 30.0 Å². The first kappa shape index (κ1) is 24.3. The summed E-state index contributed by atoms with van der Waals surface area (Å²) in [7, 11) is 3.68. The maximum Gasteiger partial charge on any atom is 0.242 e. The lowest BCUT2D eigenvalue weighted by Gasteiger charge is -2.33. The van der Waals surface area contributed by atoms with Crippen LogP contribution in [-0.2, 0) is 22.4 Å². The van der Waals surface area contributed by atoms with Gasteiger partial charge in [-0.05, 0) is 43.9 Å². The highest BCUT2D eigenvalue weighted by atomic mass is 16.5. The molecule has 4 aromatic rings. The number of fused-ring (bicyclic) bond motifs is 2. The Kier molecular flexibility index (Phi) is 6.08. The number of hydrogen-bond donors (Lipinski definition) is 1. The molecule has 7 rings (SSSR count). The van der Waals surface area contributed by atoms with Crippen molar-refractivity contribution in [3.05, 3.63) is 47.8 Å². The maximum atomic E-state index is 13.1. The average molecular weight is 528 g/mol. The number of nitrogens with zero attached hydrogens (tertiary/aromatic N) is 6. The zero-order chi connectivity index (χ0) is 26.5. The number of methoxy groups -OCH3 is 1. The van der Waals surface area contributed by atoms with Crippen LogP contribution in [0.5, 0.6) is 5.75 Å². The number of likely N-dealkylation sites (N-methyl/N-ethyl adjacent to an activating group) is 1. The summed E-state index contributed by atoms with van der Waals surface area (Å²) in [5, 5.41) is 12.4. The van der Waals surface area contributed by atoms with E-state index in [1.165, 1.54) is 17.5 Å². The van der Waals surface area contributed by atoms with Crippen LogP contribution >= 0.6 is 0 Å². The SMILES string of the molecule is COc1cc2[nH]nc(-c3cnn([C@@H]4CCN(C(=O)[C@@H]5COCCN5C)C4)c3)c2nc1-c1cccc2c1CCC2. The molecule has 3 aromatic heterocycles. The van der Waals surface area contributed by atoms with Gasteiger partial charge in [-0.25, -0.2) is 4.98 Å². The second-order valence-corrected chi connectivity index (χ2v) is 10.8. The highest BCUT2D eigenvalue weighted by Crippen LogP contribution is 2.39. The van der Waals surface area contributed by atoms with E-state index >= 15 is 0 Å². The lowest BCUT2D eigenvalue weighted by Crippen LogP contribution is -2.52. The molecular weight excluding hydrogens is 494 g/mol. The van der Waals surface area contributed by atoms with Crippen LogP contribution in [0, 0.1) is 0 Å². The second-order valence-electron chi connectivity index (χ2n) is 10.8. The zero-order valence-electron chi connectivity index (χ0n) is 22.4. The van der Waals surface area contributed by atoms with E-state index in [2.05, 4.69) is 38.4 Å². The lowest BCUT2D eigenvalue weighted by molar-refractivity contribution is -0.141. The van der Waals surface area contributed by atoms with Crippen molar-refractivity contribution < 1.29 is 14.3 Å². The van der Waals surface area contributed by atoms with Crippen molar-refractivity contribution in [2.75, 3.05) is 47.0 Å². The van der Waals surface area contributed by atoms with Crippen molar-refractivity contribution in [3.8, 4) is 28.3 Å². The van der Waals surface area contributed by atoms with Crippen LogP contribution in [0.2, 0.25) is 0 Å². The normalized spacial score (nSPS) is 21.5. The predicted molar refractivity (Wildman–Crippen MR) is 147 cm³/mol. The Labute approximate surface area is 226 Å². The summed E-state index contributed by atoms with van der Waals surface area (Å²) in [6.45, 7) is 3.28. The Bertz CT molecular complexity index is 1540. The Morgan fingerprint density at radius 2 is 2.13 bits per heavy atom. The van der Waals surface area contributed by atoms with Crippen molar-refractivity contribution in [1.82, 2.24) is 34.8 Å². The number of carbonyl (C=O) groups excluding carboxylic acids is 1. The number of amides is 1. The van der Waals surface area contributed by atoms with Crippen LogP contribution in [0.4, 0.5) is 0 Å². The second kappa shape index (κ2) is 9.77. The predicted octanol–water partition coefficient (Wildman–Crippen LogP) is 3.09. The Morgan fingerprint density at radius 3 is 3.00 bits per heavy atom. The number of morpholine rings is 1. The van der Waals surface area contributed by atoms with Gasteiger partial charge in [0.05, 0.1) is 38.1 Å². The van der Waals surface area contributed by atoms with E-state index < -0.39 is 0 Å². The van der Waals surface area contributed by atoms with Crippen molar-refractivity contribution in [3.63, 3.8) is 0 Å². The highest BCUT2D eigenvalue weighted by Gasteiger charge is 2.35. The standard InChI is InChI=1S/C29H33N7O3/c1-34-11-12-39-17-24(34)29(37)35-10-9-20(16-35)36-15-19(14-30-36)26-28-23(32-33-26)13-25(38-2)27(31-28)22-8-4-6-18-5-3-7-21(18)22/h4,6,8,13-15,20,24H,3,5,7,9-12,16-17H2,1-2H3,(H,32,33)/t20-,24+/m1/s1. The van der Waals surface area contributed by atoms with Crippen molar-refractivity contribution in [2.24, 2.45) is 0 Å². The van der Waals surface area contributed by atoms with Gasteiger partial charge in [0.2, 0.25) is 5.91 Å². The summed E-state index contributed by atoms with van der Waals surface area (Å²) in [6, 6.07) is 8.37. The van der Waals surface area contributed by atoms with Crippen molar-refractivity contribution in [1.29, 1.82) is 0 Å². The first-order chi connectivity index (χ1) is 19.1. The summed E-state index contributed by atoms with van der Waals surface area (Å²) >= 11 is 0. The fourth-order valence-electron chi connectivity index (χ4n) is 6.30. The molecule has 0 radical (unpaired) electrons. The smallest absolute Gasteiger partial charge is 0.242 e. The van der Waals surface area contributed by atoms with Gasteiger partial charge in [-0.2, -0.15) is 10.2 Å². The van der Waals surface area contributed by atoms with E-state index in [4.69, 9.17) is 14.5 Å². The molecule has 5 heterocycles. The van der Waals surface area contributed by atoms with Crippen LogP contribution in [0.25, 0.3) is 33.5 Å². The van der Waals surface area contributed by atoms with Gasteiger partial charge in [0.1, 0.15) is 28.7 Å². The van der Waals surface area contributed by atoms with E-state index in [1.54, 1.807) is 7.11 Å². The molecule has 1 aliphatic carbocycles. The minimum atomic E-state index is -0.204. The van der Waals surface area contributed by atoms with Gasteiger partial charge in [0.25, 0.3) is 0 Å². The minimum absolute atomic E-state index is 0.123. The lowest BCUT2D eigenvalue weighted by atomic mass is 9.99. The molecule has 2 fully saturated rings. The van der Waals surface area contributed by atoms with Crippen LogP contribution in [0.3, 0.4) is 0 Å². The number of H-pyrrole nitrogens is 1. The van der Waals surface area contributed by atoms with E-state index in [0.29, 0.717) is 19.8 Å². The molecule has 1 amide bonds. The first-order valence-corrected chi connectivity index (χ1v) is 13.8. The van der Waals surface area contributed by atoms with Crippen molar-refractivity contribution >= 4 is 16.9 Å². The molecule has 3 aliphatic rings. The fourth-order valence-corrected chi connectivity index (χ4v) is 6.30. The van der Waals surface area contributed by atoms with Gasteiger partial charge in [0.15, 0.2) is 0 Å². The number of ether oxygens (including phenoxy) is 2. The quantitative estimate of drug-likeness (QED) is 0.426. The average Bonchev–Trinajstić information content (AvgIpc) is 3.77. The summed E-state index contributed by atoms with van der Waals surface area (Å²) in [4.78, 5) is 22.3. The molecule has 10 heteroatoms. The highest BCUT2D eigenvalue weighted by molar-refractivity contribution is 5.93. The third-order valence-electron chi connectivity index (χ3n) is 8.53. The molecule has 2 atom stereocenters. The molecule has 1 aromatic carbocycles. The molecule has 0 spiro atoms. The van der Waals surface area contributed by atoms with Gasteiger partial charge >= 0.3 is 0 Å². The molecule has 39 heavy (non-hydrogen) atoms. The number of hydrogen-bond acceptors (Lipinski definition) is 7. The molecule has 0 bridgehead atoms. The van der Waals surface area contributed by atoms with Gasteiger partial charge in [0, 0.05) is 43.0 Å². The number of likely N-dealkylation sites (tertiary alicyclic amines) is 1. The number of rotatable bonds is 5. The number of nitrogens with one attached hydrogen (secondary N) is 1.